The lowest BCUT2D eigenvalue weighted by Crippen LogP contribution is -2.43. The number of rotatable bonds is 6. The molecule has 0 amide bonds. The molecule has 1 aromatic rings. The maximum absolute atomic E-state index is 12.0. The Hall–Kier alpha value is -1.18. The van der Waals surface area contributed by atoms with Gasteiger partial charge in [0.05, 0.1) is 4.90 Å². The van der Waals surface area contributed by atoms with Crippen LogP contribution < -0.4 is 10.3 Å². The van der Waals surface area contributed by atoms with E-state index in [9.17, 15) is 13.2 Å². The summed E-state index contributed by atoms with van der Waals surface area (Å²) in [5.74, 6) is 0.327. The maximum atomic E-state index is 12.0. The summed E-state index contributed by atoms with van der Waals surface area (Å²) >= 11 is 0. The van der Waals surface area contributed by atoms with E-state index in [4.69, 9.17) is 0 Å². The molecular formula is C12H21N3O3S. The molecule has 0 spiro atoms. The zero-order valence-electron chi connectivity index (χ0n) is 11.7. The number of likely N-dealkylation sites (N-methyl/N-ethyl adjacent to an activating group) is 1. The molecule has 0 radical (unpaired) electrons. The average molecular weight is 287 g/mol. The number of sulfonamides is 1. The summed E-state index contributed by atoms with van der Waals surface area (Å²) in [7, 11) is 0.245. The van der Waals surface area contributed by atoms with Gasteiger partial charge in [0.1, 0.15) is 0 Å². The molecule has 19 heavy (non-hydrogen) atoms. The molecule has 1 heterocycles. The first-order valence-electron chi connectivity index (χ1n) is 6.09. The molecule has 0 aliphatic rings. The van der Waals surface area contributed by atoms with E-state index >= 15 is 0 Å². The molecule has 2 N–H and O–H groups in total. The largest absolute Gasteiger partial charge is 0.328 e. The molecule has 1 rings (SSSR count). The van der Waals surface area contributed by atoms with Crippen LogP contribution in [0.1, 0.15) is 13.8 Å². The molecule has 0 saturated carbocycles. The predicted octanol–water partition coefficient (Wildman–Crippen LogP) is 0.239. The molecule has 0 bridgehead atoms. The van der Waals surface area contributed by atoms with Crippen LogP contribution >= 0.6 is 0 Å². The summed E-state index contributed by atoms with van der Waals surface area (Å²) in [6, 6.07) is 2.60. The molecule has 0 saturated heterocycles. The minimum absolute atomic E-state index is 0.0633. The number of nitrogens with one attached hydrogen (secondary N) is 2. The molecule has 1 atom stereocenters. The minimum atomic E-state index is -3.59. The van der Waals surface area contributed by atoms with Gasteiger partial charge in [-0.05, 0) is 26.1 Å². The lowest BCUT2D eigenvalue weighted by Gasteiger charge is -2.27. The maximum Gasteiger partial charge on any atom is 0.247 e. The van der Waals surface area contributed by atoms with Gasteiger partial charge < -0.3 is 9.88 Å². The summed E-state index contributed by atoms with van der Waals surface area (Å²) in [5.41, 5.74) is -0.327. The van der Waals surface area contributed by atoms with Crippen LogP contribution in [0, 0.1) is 5.92 Å². The smallest absolute Gasteiger partial charge is 0.247 e. The van der Waals surface area contributed by atoms with Gasteiger partial charge in [-0.1, -0.05) is 13.8 Å². The molecule has 1 aromatic heterocycles. The van der Waals surface area contributed by atoms with Gasteiger partial charge in [0.2, 0.25) is 15.6 Å². The standard InChI is InChI=1S/C12H21N3O3S/c1-9(2)11(15(3)4)8-14-19(17,18)10-5-6-12(16)13-7-10/h5-7,9,11,14H,8H2,1-4H3,(H,13,16). The van der Waals surface area contributed by atoms with Crippen LogP contribution in [0.15, 0.2) is 28.0 Å². The first kappa shape index (κ1) is 15.9. The monoisotopic (exact) mass is 287 g/mol. The van der Waals surface area contributed by atoms with Crippen molar-refractivity contribution in [3.05, 3.63) is 28.7 Å². The minimum Gasteiger partial charge on any atom is -0.328 e. The summed E-state index contributed by atoms with van der Waals surface area (Å²) in [6.45, 7) is 4.41. The third-order valence-corrected chi connectivity index (χ3v) is 4.40. The van der Waals surface area contributed by atoms with Crippen molar-refractivity contribution in [1.82, 2.24) is 14.6 Å². The number of hydrogen-bond donors (Lipinski definition) is 2. The molecule has 0 fully saturated rings. The van der Waals surface area contributed by atoms with Gasteiger partial charge in [-0.2, -0.15) is 0 Å². The van der Waals surface area contributed by atoms with Crippen molar-refractivity contribution in [3.8, 4) is 0 Å². The number of pyridine rings is 1. The quantitative estimate of drug-likeness (QED) is 0.785. The Morgan fingerprint density at radius 2 is 1.95 bits per heavy atom. The second-order valence-electron chi connectivity index (χ2n) is 5.02. The lowest BCUT2D eigenvalue weighted by molar-refractivity contribution is 0.233. The van der Waals surface area contributed by atoms with Gasteiger partial charge >= 0.3 is 0 Å². The molecule has 108 valence electrons. The molecule has 0 aromatic carbocycles. The van der Waals surface area contributed by atoms with Gasteiger partial charge in [0.15, 0.2) is 0 Å². The van der Waals surface area contributed by atoms with Gasteiger partial charge in [0, 0.05) is 24.8 Å². The topological polar surface area (TPSA) is 82.3 Å². The summed E-state index contributed by atoms with van der Waals surface area (Å²) in [6.07, 6.45) is 1.20. The summed E-state index contributed by atoms with van der Waals surface area (Å²) < 4.78 is 26.6. The second kappa shape index (κ2) is 6.31. The van der Waals surface area contributed by atoms with E-state index in [-0.39, 0.29) is 16.5 Å². The first-order valence-corrected chi connectivity index (χ1v) is 7.57. The van der Waals surface area contributed by atoms with E-state index < -0.39 is 10.0 Å². The SMILES string of the molecule is CC(C)C(CNS(=O)(=O)c1ccc(=O)[nH]c1)N(C)C. The third-order valence-electron chi connectivity index (χ3n) is 2.98. The third kappa shape index (κ3) is 4.45. The molecule has 1 unspecified atom stereocenters. The van der Waals surface area contributed by atoms with Gasteiger partial charge in [-0.15, -0.1) is 0 Å². The summed E-state index contributed by atoms with van der Waals surface area (Å²) in [5, 5.41) is 0. The normalized spacial score (nSPS) is 14.0. The predicted molar refractivity (Wildman–Crippen MR) is 74.6 cm³/mol. The first-order chi connectivity index (χ1) is 8.74. The van der Waals surface area contributed by atoms with Crippen molar-refractivity contribution in [3.63, 3.8) is 0 Å². The Morgan fingerprint density at radius 3 is 2.37 bits per heavy atom. The van der Waals surface area contributed by atoms with Crippen LogP contribution in [-0.2, 0) is 10.0 Å². The van der Waals surface area contributed by atoms with E-state index in [1.165, 1.54) is 18.3 Å². The average Bonchev–Trinajstić information content (AvgIpc) is 2.28. The highest BCUT2D eigenvalue weighted by Gasteiger charge is 2.20. The Balaban J connectivity index is 2.80. The molecule has 6 nitrogen and oxygen atoms in total. The number of nitrogens with zero attached hydrogens (tertiary/aromatic N) is 1. The van der Waals surface area contributed by atoms with E-state index in [0.29, 0.717) is 12.5 Å². The fourth-order valence-corrected chi connectivity index (χ4v) is 2.87. The Bertz CT molecular complexity index is 535. The summed E-state index contributed by atoms with van der Waals surface area (Å²) in [4.78, 5) is 15.3. The molecular weight excluding hydrogens is 266 g/mol. The Labute approximate surface area is 113 Å². The lowest BCUT2D eigenvalue weighted by atomic mass is 10.0. The van der Waals surface area contributed by atoms with Crippen LogP contribution in [0.25, 0.3) is 0 Å². The van der Waals surface area contributed by atoms with Crippen LogP contribution in [0.4, 0.5) is 0 Å². The highest BCUT2D eigenvalue weighted by atomic mass is 32.2. The molecule has 0 aliphatic carbocycles. The van der Waals surface area contributed by atoms with E-state index in [0.717, 1.165) is 0 Å². The fraction of sp³-hybridized carbons (Fsp3) is 0.583. The number of aromatic amines is 1. The van der Waals surface area contributed by atoms with Gasteiger partial charge in [0.25, 0.3) is 0 Å². The van der Waals surface area contributed by atoms with Crippen molar-refractivity contribution in [2.75, 3.05) is 20.6 Å². The number of H-pyrrole nitrogens is 1. The number of aromatic nitrogens is 1. The highest BCUT2D eigenvalue weighted by Crippen LogP contribution is 2.09. The van der Waals surface area contributed by atoms with Gasteiger partial charge in [-0.3, -0.25) is 4.79 Å². The van der Waals surface area contributed by atoms with Crippen molar-refractivity contribution in [1.29, 1.82) is 0 Å². The van der Waals surface area contributed by atoms with Crippen LogP contribution in [0.2, 0.25) is 0 Å². The molecule has 0 aliphatic heterocycles. The van der Waals surface area contributed by atoms with E-state index in [2.05, 4.69) is 9.71 Å². The Kier molecular flexibility index (Phi) is 5.28. The highest BCUT2D eigenvalue weighted by molar-refractivity contribution is 7.89. The van der Waals surface area contributed by atoms with Crippen molar-refractivity contribution in [2.24, 2.45) is 5.92 Å². The van der Waals surface area contributed by atoms with Crippen LogP contribution in [-0.4, -0.2) is 45.0 Å². The zero-order chi connectivity index (χ0) is 14.6. The van der Waals surface area contributed by atoms with Crippen LogP contribution in [0.3, 0.4) is 0 Å². The van der Waals surface area contributed by atoms with E-state index in [1.54, 1.807) is 0 Å². The fourth-order valence-electron chi connectivity index (χ4n) is 1.86. The van der Waals surface area contributed by atoms with Crippen LogP contribution in [0.5, 0.6) is 0 Å². The molecule has 7 heteroatoms. The van der Waals surface area contributed by atoms with Crippen molar-refractivity contribution >= 4 is 10.0 Å². The van der Waals surface area contributed by atoms with E-state index in [1.807, 2.05) is 32.8 Å². The zero-order valence-corrected chi connectivity index (χ0v) is 12.5. The second-order valence-corrected chi connectivity index (χ2v) is 6.78. The Morgan fingerprint density at radius 1 is 1.32 bits per heavy atom. The number of hydrogen-bond acceptors (Lipinski definition) is 4. The van der Waals surface area contributed by atoms with Gasteiger partial charge in [-0.25, -0.2) is 13.1 Å². The van der Waals surface area contributed by atoms with Crippen molar-refractivity contribution < 1.29 is 8.42 Å². The van der Waals surface area contributed by atoms with Crippen molar-refractivity contribution in [2.45, 2.75) is 24.8 Å².